The predicted molar refractivity (Wildman–Crippen MR) is 49.3 cm³/mol. The summed E-state index contributed by atoms with van der Waals surface area (Å²) in [6.45, 7) is 4.51. The van der Waals surface area contributed by atoms with Crippen molar-refractivity contribution in [2.24, 2.45) is 5.92 Å². The van der Waals surface area contributed by atoms with Gasteiger partial charge in [-0.15, -0.1) is 0 Å². The molecule has 0 aliphatic carbocycles. The Bertz CT molecular complexity index is 326. The van der Waals surface area contributed by atoms with Gasteiger partial charge in [0.15, 0.2) is 0 Å². The van der Waals surface area contributed by atoms with Crippen molar-refractivity contribution in [2.45, 2.75) is 13.8 Å². The number of carboxylic acids is 1. The van der Waals surface area contributed by atoms with Gasteiger partial charge in [-0.2, -0.15) is 4.98 Å². The molecule has 1 aromatic heterocycles. The molecule has 0 spiro atoms. The van der Waals surface area contributed by atoms with Crippen LogP contribution in [0.5, 0.6) is 5.88 Å². The van der Waals surface area contributed by atoms with Crippen LogP contribution in [0.4, 0.5) is 0 Å². The van der Waals surface area contributed by atoms with Crippen LogP contribution in [0.25, 0.3) is 0 Å². The summed E-state index contributed by atoms with van der Waals surface area (Å²) < 4.78 is 5.24. The standard InChI is InChI=1S/C9H12N2O3/c1-6(2)5-14-7-3-4-10-8(11-7)9(12)13/h3-4,6H,5H2,1-2H3,(H,12,13). The summed E-state index contributed by atoms with van der Waals surface area (Å²) in [6.07, 6.45) is 1.37. The first-order valence-corrected chi connectivity index (χ1v) is 4.28. The molecule has 0 fully saturated rings. The van der Waals surface area contributed by atoms with Crippen LogP contribution in [-0.2, 0) is 0 Å². The zero-order chi connectivity index (χ0) is 10.6. The van der Waals surface area contributed by atoms with Gasteiger partial charge >= 0.3 is 5.97 Å². The van der Waals surface area contributed by atoms with Crippen molar-refractivity contribution in [2.75, 3.05) is 6.61 Å². The third-order valence-corrected chi connectivity index (χ3v) is 1.39. The Labute approximate surface area is 81.8 Å². The third kappa shape index (κ3) is 3.01. The molecule has 0 aliphatic rings. The molecular weight excluding hydrogens is 184 g/mol. The molecule has 0 saturated heterocycles. The highest BCUT2D eigenvalue weighted by Gasteiger charge is 2.07. The number of nitrogens with zero attached hydrogens (tertiary/aromatic N) is 2. The first-order chi connectivity index (χ1) is 6.59. The smallest absolute Gasteiger partial charge is 0.374 e. The molecule has 0 unspecified atom stereocenters. The molecule has 0 aromatic carbocycles. The van der Waals surface area contributed by atoms with Crippen molar-refractivity contribution in [3.05, 3.63) is 18.1 Å². The number of hydrogen-bond donors (Lipinski definition) is 1. The summed E-state index contributed by atoms with van der Waals surface area (Å²) in [5.74, 6) is -0.726. The monoisotopic (exact) mass is 196 g/mol. The molecule has 5 nitrogen and oxygen atoms in total. The minimum absolute atomic E-state index is 0.244. The maximum atomic E-state index is 10.5. The third-order valence-electron chi connectivity index (χ3n) is 1.39. The fourth-order valence-corrected chi connectivity index (χ4v) is 0.778. The van der Waals surface area contributed by atoms with Gasteiger partial charge in [0.05, 0.1) is 6.61 Å². The Balaban J connectivity index is 2.69. The zero-order valence-electron chi connectivity index (χ0n) is 8.10. The van der Waals surface area contributed by atoms with E-state index in [2.05, 4.69) is 9.97 Å². The van der Waals surface area contributed by atoms with Gasteiger partial charge in [0.1, 0.15) is 0 Å². The molecule has 76 valence electrons. The molecule has 1 heterocycles. The van der Waals surface area contributed by atoms with E-state index in [4.69, 9.17) is 9.84 Å². The zero-order valence-corrected chi connectivity index (χ0v) is 8.10. The molecule has 1 aromatic rings. The van der Waals surface area contributed by atoms with Crippen molar-refractivity contribution in [3.63, 3.8) is 0 Å². The summed E-state index contributed by atoms with van der Waals surface area (Å²) in [7, 11) is 0. The van der Waals surface area contributed by atoms with Gasteiger partial charge in [-0.05, 0) is 5.92 Å². The lowest BCUT2D eigenvalue weighted by molar-refractivity contribution is 0.0681. The Hall–Kier alpha value is -1.65. The molecule has 5 heteroatoms. The minimum Gasteiger partial charge on any atom is -0.477 e. The summed E-state index contributed by atoms with van der Waals surface area (Å²) in [5, 5.41) is 8.61. The highest BCUT2D eigenvalue weighted by Crippen LogP contribution is 2.06. The molecule has 0 bridgehead atoms. The fourth-order valence-electron chi connectivity index (χ4n) is 0.778. The number of aromatic carboxylic acids is 1. The van der Waals surface area contributed by atoms with Crippen LogP contribution in [0.3, 0.4) is 0 Å². The SMILES string of the molecule is CC(C)COc1ccnc(C(=O)O)n1. The number of ether oxygens (including phenoxy) is 1. The van der Waals surface area contributed by atoms with Crippen LogP contribution in [0, 0.1) is 5.92 Å². The summed E-state index contributed by atoms with van der Waals surface area (Å²) in [5.41, 5.74) is 0. The number of hydrogen-bond acceptors (Lipinski definition) is 4. The Kier molecular flexibility index (Phi) is 3.39. The van der Waals surface area contributed by atoms with Crippen LogP contribution < -0.4 is 4.74 Å². The first kappa shape index (κ1) is 10.4. The van der Waals surface area contributed by atoms with E-state index in [9.17, 15) is 4.79 Å². The van der Waals surface area contributed by atoms with Crippen molar-refractivity contribution in [1.82, 2.24) is 9.97 Å². The normalized spacial score (nSPS) is 10.2. The van der Waals surface area contributed by atoms with E-state index in [1.807, 2.05) is 13.8 Å². The van der Waals surface area contributed by atoms with E-state index < -0.39 is 5.97 Å². The minimum atomic E-state index is -1.15. The maximum absolute atomic E-state index is 10.5. The molecule has 0 atom stereocenters. The molecule has 0 aliphatic heterocycles. The Morgan fingerprint density at radius 3 is 2.93 bits per heavy atom. The van der Waals surface area contributed by atoms with Crippen molar-refractivity contribution in [3.8, 4) is 5.88 Å². The quantitative estimate of drug-likeness (QED) is 0.783. The molecule has 0 radical (unpaired) electrons. The van der Waals surface area contributed by atoms with Crippen molar-refractivity contribution in [1.29, 1.82) is 0 Å². The van der Waals surface area contributed by atoms with Crippen LogP contribution in [0.2, 0.25) is 0 Å². The molecule has 1 N–H and O–H groups in total. The second-order valence-corrected chi connectivity index (χ2v) is 3.23. The molecular formula is C9H12N2O3. The lowest BCUT2D eigenvalue weighted by Crippen LogP contribution is -2.09. The fraction of sp³-hybridized carbons (Fsp3) is 0.444. The van der Waals surface area contributed by atoms with Gasteiger partial charge in [-0.25, -0.2) is 9.78 Å². The van der Waals surface area contributed by atoms with Crippen LogP contribution in [0.1, 0.15) is 24.5 Å². The van der Waals surface area contributed by atoms with E-state index in [0.717, 1.165) is 0 Å². The highest BCUT2D eigenvalue weighted by atomic mass is 16.5. The van der Waals surface area contributed by atoms with Gasteiger partial charge < -0.3 is 9.84 Å². The van der Waals surface area contributed by atoms with Crippen LogP contribution in [0.15, 0.2) is 12.3 Å². The summed E-state index contributed by atoms with van der Waals surface area (Å²) >= 11 is 0. The number of rotatable bonds is 4. The van der Waals surface area contributed by atoms with Gasteiger partial charge in [-0.3, -0.25) is 0 Å². The second-order valence-electron chi connectivity index (χ2n) is 3.23. The first-order valence-electron chi connectivity index (χ1n) is 4.28. The Morgan fingerprint density at radius 2 is 2.36 bits per heavy atom. The van der Waals surface area contributed by atoms with Gasteiger partial charge in [0.25, 0.3) is 0 Å². The van der Waals surface area contributed by atoms with E-state index in [1.165, 1.54) is 12.3 Å². The second kappa shape index (κ2) is 4.55. The number of aromatic nitrogens is 2. The van der Waals surface area contributed by atoms with Gasteiger partial charge in [-0.1, -0.05) is 13.8 Å². The van der Waals surface area contributed by atoms with Crippen molar-refractivity contribution < 1.29 is 14.6 Å². The highest BCUT2D eigenvalue weighted by molar-refractivity contribution is 5.83. The summed E-state index contributed by atoms with van der Waals surface area (Å²) in [6, 6.07) is 1.54. The predicted octanol–water partition coefficient (Wildman–Crippen LogP) is 1.21. The van der Waals surface area contributed by atoms with Gasteiger partial charge in [0.2, 0.25) is 11.7 Å². The van der Waals surface area contributed by atoms with Gasteiger partial charge in [0, 0.05) is 12.3 Å². The average molecular weight is 196 g/mol. The molecule has 0 saturated carbocycles. The van der Waals surface area contributed by atoms with E-state index in [1.54, 1.807) is 0 Å². The average Bonchev–Trinajstić information content (AvgIpc) is 2.15. The number of carbonyl (C=O) groups is 1. The lowest BCUT2D eigenvalue weighted by atomic mass is 10.2. The maximum Gasteiger partial charge on any atom is 0.374 e. The van der Waals surface area contributed by atoms with Crippen LogP contribution >= 0.6 is 0 Å². The van der Waals surface area contributed by atoms with Crippen LogP contribution in [-0.4, -0.2) is 27.7 Å². The van der Waals surface area contributed by atoms with E-state index >= 15 is 0 Å². The molecule has 14 heavy (non-hydrogen) atoms. The molecule has 1 rings (SSSR count). The van der Waals surface area contributed by atoms with E-state index in [-0.39, 0.29) is 5.82 Å². The number of carboxylic acid groups (broad SMARTS) is 1. The van der Waals surface area contributed by atoms with Crippen molar-refractivity contribution >= 4 is 5.97 Å². The lowest BCUT2D eigenvalue weighted by Gasteiger charge is -2.06. The van der Waals surface area contributed by atoms with E-state index in [0.29, 0.717) is 18.4 Å². The molecule has 0 amide bonds. The largest absolute Gasteiger partial charge is 0.477 e. The Morgan fingerprint density at radius 1 is 1.64 bits per heavy atom. The topological polar surface area (TPSA) is 72.3 Å². The summed E-state index contributed by atoms with van der Waals surface area (Å²) in [4.78, 5) is 17.8.